The van der Waals surface area contributed by atoms with E-state index in [0.717, 1.165) is 24.4 Å². The molecular formula is C15H17N5S. The molecule has 0 aliphatic heterocycles. The largest absolute Gasteiger partial charge is 0.347 e. The number of nitrogens with zero attached hydrogens (tertiary/aromatic N) is 4. The van der Waals surface area contributed by atoms with Crippen molar-refractivity contribution in [3.63, 3.8) is 0 Å². The van der Waals surface area contributed by atoms with E-state index in [1.54, 1.807) is 4.68 Å². The van der Waals surface area contributed by atoms with Gasteiger partial charge in [-0.3, -0.25) is 5.10 Å². The fourth-order valence-electron chi connectivity index (χ4n) is 2.43. The van der Waals surface area contributed by atoms with E-state index in [9.17, 15) is 0 Å². The highest BCUT2D eigenvalue weighted by atomic mass is 32.1. The first-order valence-corrected chi connectivity index (χ1v) is 7.44. The summed E-state index contributed by atoms with van der Waals surface area (Å²) < 4.78 is 4.40. The molecule has 0 amide bonds. The number of rotatable bonds is 4. The Morgan fingerprint density at radius 3 is 2.90 bits per heavy atom. The van der Waals surface area contributed by atoms with Gasteiger partial charge in [0, 0.05) is 35.6 Å². The second-order valence-electron chi connectivity index (χ2n) is 4.74. The molecule has 2 heterocycles. The Kier molecular flexibility index (Phi) is 3.70. The molecule has 108 valence electrons. The number of aromatic amines is 1. The molecule has 0 saturated heterocycles. The average Bonchev–Trinajstić information content (AvgIpc) is 3.05. The molecule has 0 spiro atoms. The predicted octanol–water partition coefficient (Wildman–Crippen LogP) is 3.36. The third kappa shape index (κ3) is 2.42. The molecule has 21 heavy (non-hydrogen) atoms. The van der Waals surface area contributed by atoms with Crippen LogP contribution in [0.15, 0.2) is 35.6 Å². The van der Waals surface area contributed by atoms with Crippen LogP contribution in [0.4, 0.5) is 0 Å². The number of hydrogen-bond donors (Lipinski definition) is 1. The molecule has 0 bridgehead atoms. The Morgan fingerprint density at radius 2 is 2.14 bits per heavy atom. The van der Waals surface area contributed by atoms with E-state index in [-0.39, 0.29) is 0 Å². The third-order valence-electron chi connectivity index (χ3n) is 3.51. The van der Waals surface area contributed by atoms with Crippen molar-refractivity contribution in [3.05, 3.63) is 46.6 Å². The van der Waals surface area contributed by atoms with Crippen molar-refractivity contribution in [2.75, 3.05) is 0 Å². The zero-order valence-corrected chi connectivity index (χ0v) is 12.9. The maximum atomic E-state index is 5.20. The van der Waals surface area contributed by atoms with Gasteiger partial charge in [0.2, 0.25) is 4.77 Å². The maximum absolute atomic E-state index is 5.20. The fourth-order valence-corrected chi connectivity index (χ4v) is 2.63. The lowest BCUT2D eigenvalue weighted by Gasteiger charge is -1.97. The summed E-state index contributed by atoms with van der Waals surface area (Å²) in [6.45, 7) is 5.09. The molecule has 5 nitrogen and oxygen atoms in total. The van der Waals surface area contributed by atoms with E-state index >= 15 is 0 Å². The summed E-state index contributed by atoms with van der Waals surface area (Å²) in [6, 6.07) is 8.33. The van der Waals surface area contributed by atoms with E-state index in [0.29, 0.717) is 4.77 Å². The summed E-state index contributed by atoms with van der Waals surface area (Å²) in [7, 11) is 0. The van der Waals surface area contributed by atoms with Crippen molar-refractivity contribution in [2.24, 2.45) is 5.10 Å². The number of hydrogen-bond acceptors (Lipinski definition) is 3. The van der Waals surface area contributed by atoms with Gasteiger partial charge in [0.25, 0.3) is 0 Å². The molecule has 3 rings (SSSR count). The van der Waals surface area contributed by atoms with E-state index in [1.165, 1.54) is 10.9 Å². The molecule has 1 aromatic carbocycles. The first-order valence-electron chi connectivity index (χ1n) is 7.03. The van der Waals surface area contributed by atoms with Crippen LogP contribution in [-0.4, -0.2) is 25.7 Å². The predicted molar refractivity (Wildman–Crippen MR) is 87.4 cm³/mol. The third-order valence-corrected chi connectivity index (χ3v) is 3.77. The van der Waals surface area contributed by atoms with Crippen molar-refractivity contribution < 1.29 is 0 Å². The van der Waals surface area contributed by atoms with Crippen LogP contribution in [0.2, 0.25) is 0 Å². The van der Waals surface area contributed by atoms with Crippen LogP contribution in [0.5, 0.6) is 0 Å². The quantitative estimate of drug-likeness (QED) is 0.593. The number of para-hydroxylation sites is 1. The zero-order valence-electron chi connectivity index (χ0n) is 12.1. The van der Waals surface area contributed by atoms with E-state index in [4.69, 9.17) is 12.2 Å². The molecule has 0 fully saturated rings. The lowest BCUT2D eigenvalue weighted by Crippen LogP contribution is -1.97. The Morgan fingerprint density at radius 1 is 1.33 bits per heavy atom. The van der Waals surface area contributed by atoms with Gasteiger partial charge in [0.1, 0.15) is 0 Å². The summed E-state index contributed by atoms with van der Waals surface area (Å²) in [5.41, 5.74) is 2.30. The number of aromatic nitrogens is 4. The summed E-state index contributed by atoms with van der Waals surface area (Å²) in [5.74, 6) is 0.829. The average molecular weight is 299 g/mol. The molecule has 1 N–H and O–H groups in total. The second kappa shape index (κ2) is 5.65. The number of benzene rings is 1. The first kappa shape index (κ1) is 13.8. The van der Waals surface area contributed by atoms with Crippen LogP contribution in [0.3, 0.4) is 0 Å². The minimum Gasteiger partial charge on any atom is -0.347 e. The zero-order chi connectivity index (χ0) is 14.8. The van der Waals surface area contributed by atoms with Gasteiger partial charge in [-0.05, 0) is 25.2 Å². The highest BCUT2D eigenvalue weighted by Crippen LogP contribution is 2.19. The standard InChI is InChI=1S/C15H17N5S/c1-3-14-17-18-15(21)20(14)16-9-11-10-19(4-2)13-8-6-5-7-12(11)13/h5-10H,3-4H2,1-2H3,(H,18,21)/b16-9-. The van der Waals surface area contributed by atoms with Crippen LogP contribution >= 0.6 is 12.2 Å². The second-order valence-corrected chi connectivity index (χ2v) is 5.13. The Labute approximate surface area is 127 Å². The molecule has 6 heteroatoms. The van der Waals surface area contributed by atoms with Crippen molar-refractivity contribution in [3.8, 4) is 0 Å². The van der Waals surface area contributed by atoms with Crippen LogP contribution in [0.25, 0.3) is 10.9 Å². The van der Waals surface area contributed by atoms with Gasteiger partial charge in [-0.2, -0.15) is 14.9 Å². The molecule has 0 aliphatic carbocycles. The summed E-state index contributed by atoms with van der Waals surface area (Å²) in [5, 5.41) is 12.6. The maximum Gasteiger partial charge on any atom is 0.216 e. The Balaban J connectivity index is 2.07. The van der Waals surface area contributed by atoms with Gasteiger partial charge in [-0.25, -0.2) is 0 Å². The minimum atomic E-state index is 0.516. The lowest BCUT2D eigenvalue weighted by atomic mass is 10.2. The van der Waals surface area contributed by atoms with Gasteiger partial charge < -0.3 is 4.57 Å². The van der Waals surface area contributed by atoms with Gasteiger partial charge >= 0.3 is 0 Å². The SMILES string of the molecule is CCc1n[nH]c(=S)n1/N=C\c1cn(CC)c2ccccc12. The molecule has 0 radical (unpaired) electrons. The number of aryl methyl sites for hydroxylation is 2. The molecular weight excluding hydrogens is 282 g/mol. The fraction of sp³-hybridized carbons (Fsp3) is 0.267. The molecule has 0 saturated carbocycles. The summed E-state index contributed by atoms with van der Waals surface area (Å²) in [6.07, 6.45) is 4.74. The summed E-state index contributed by atoms with van der Waals surface area (Å²) >= 11 is 5.20. The van der Waals surface area contributed by atoms with Gasteiger partial charge in [-0.15, -0.1) is 0 Å². The smallest absolute Gasteiger partial charge is 0.216 e. The van der Waals surface area contributed by atoms with E-state index in [1.807, 2.05) is 19.2 Å². The van der Waals surface area contributed by atoms with Crippen LogP contribution in [0, 0.1) is 4.77 Å². The Bertz CT molecular complexity index is 852. The lowest BCUT2D eigenvalue weighted by molar-refractivity contribution is 0.779. The first-order chi connectivity index (χ1) is 10.2. The number of H-pyrrole nitrogens is 1. The monoisotopic (exact) mass is 299 g/mol. The highest BCUT2D eigenvalue weighted by molar-refractivity contribution is 7.71. The van der Waals surface area contributed by atoms with Crippen molar-refractivity contribution in [1.82, 2.24) is 19.4 Å². The van der Waals surface area contributed by atoms with Crippen molar-refractivity contribution in [1.29, 1.82) is 0 Å². The van der Waals surface area contributed by atoms with Gasteiger partial charge in [0.05, 0.1) is 6.21 Å². The topological polar surface area (TPSA) is 50.9 Å². The van der Waals surface area contributed by atoms with Crippen LogP contribution in [-0.2, 0) is 13.0 Å². The van der Waals surface area contributed by atoms with Crippen LogP contribution in [0.1, 0.15) is 25.2 Å². The Hall–Kier alpha value is -2.21. The molecule has 0 aliphatic rings. The normalized spacial score (nSPS) is 11.7. The summed E-state index contributed by atoms with van der Waals surface area (Å²) in [4.78, 5) is 0. The van der Waals surface area contributed by atoms with Crippen molar-refractivity contribution in [2.45, 2.75) is 26.8 Å². The minimum absolute atomic E-state index is 0.516. The number of nitrogens with one attached hydrogen (secondary N) is 1. The van der Waals surface area contributed by atoms with E-state index < -0.39 is 0 Å². The van der Waals surface area contributed by atoms with Crippen LogP contribution < -0.4 is 0 Å². The highest BCUT2D eigenvalue weighted by Gasteiger charge is 2.06. The molecule has 3 aromatic rings. The molecule has 0 unspecified atom stereocenters. The van der Waals surface area contributed by atoms with Gasteiger partial charge in [-0.1, -0.05) is 25.1 Å². The van der Waals surface area contributed by atoms with Gasteiger partial charge in [0.15, 0.2) is 5.82 Å². The molecule has 0 atom stereocenters. The van der Waals surface area contributed by atoms with E-state index in [2.05, 4.69) is 51.2 Å². The van der Waals surface area contributed by atoms with Crippen molar-refractivity contribution >= 4 is 29.3 Å². The molecule has 2 aromatic heterocycles. The number of fused-ring (bicyclic) bond motifs is 1.